The van der Waals surface area contributed by atoms with Crippen LogP contribution < -0.4 is 0 Å². The summed E-state index contributed by atoms with van der Waals surface area (Å²) in [5.41, 5.74) is 0.592. The van der Waals surface area contributed by atoms with E-state index in [-0.39, 0.29) is 0 Å². The van der Waals surface area contributed by atoms with Crippen LogP contribution in [0.25, 0.3) is 0 Å². The summed E-state index contributed by atoms with van der Waals surface area (Å²) in [4.78, 5) is 0. The van der Waals surface area contributed by atoms with E-state index in [0.29, 0.717) is 5.41 Å². The largest absolute Gasteiger partial charge is 0.0656 e. The smallest absolute Gasteiger partial charge is 0.0357 e. The Hall–Kier alpha value is 0. The van der Waals surface area contributed by atoms with Gasteiger partial charge in [-0.2, -0.15) is 0 Å². The molecular formula is C17H40. The molecular weight excluding hydrogens is 204 g/mol. The Morgan fingerprint density at radius 3 is 1.29 bits per heavy atom. The molecule has 0 aromatic rings. The van der Waals surface area contributed by atoms with Crippen molar-refractivity contribution in [3.8, 4) is 0 Å². The number of rotatable bonds is 5. The molecule has 0 aromatic carbocycles. The standard InChI is InChI=1S/C8H18.C6H14.C3H8/c1-5-7-8(3,4)6-2;1-4-5-6(2)3;1-3-2/h5-7H2,1-4H3;6H,4-5H2,1-3H3;3H2,1-2H3. The second-order valence-corrected chi connectivity index (χ2v) is 6.16. The summed E-state index contributed by atoms with van der Waals surface area (Å²) in [6.07, 6.45) is 7.95. The zero-order valence-electron chi connectivity index (χ0n) is 14.3. The minimum atomic E-state index is 0.592. The van der Waals surface area contributed by atoms with Gasteiger partial charge in [0, 0.05) is 0 Å². The summed E-state index contributed by atoms with van der Waals surface area (Å²) in [6, 6.07) is 0. The van der Waals surface area contributed by atoms with Crippen molar-refractivity contribution in [3.63, 3.8) is 0 Å². The summed E-state index contributed by atoms with van der Waals surface area (Å²) in [5.74, 6) is 0.898. The molecule has 17 heavy (non-hydrogen) atoms. The van der Waals surface area contributed by atoms with Gasteiger partial charge in [-0.25, -0.2) is 0 Å². The van der Waals surface area contributed by atoms with Crippen molar-refractivity contribution in [1.82, 2.24) is 0 Å². The van der Waals surface area contributed by atoms with Crippen LogP contribution in [0.4, 0.5) is 0 Å². The third-order valence-electron chi connectivity index (χ3n) is 2.75. The van der Waals surface area contributed by atoms with E-state index in [9.17, 15) is 0 Å². The van der Waals surface area contributed by atoms with E-state index in [1.54, 1.807) is 0 Å². The maximum Gasteiger partial charge on any atom is -0.0357 e. The molecule has 0 saturated carbocycles. The predicted octanol–water partition coefficient (Wildman–Crippen LogP) is 7.08. The maximum atomic E-state index is 2.33. The Labute approximate surface area is 113 Å². The highest BCUT2D eigenvalue weighted by Gasteiger charge is 2.11. The van der Waals surface area contributed by atoms with Crippen LogP contribution in [0.1, 0.15) is 101 Å². The van der Waals surface area contributed by atoms with E-state index in [2.05, 4.69) is 62.3 Å². The first-order valence-electron chi connectivity index (χ1n) is 7.81. The van der Waals surface area contributed by atoms with Gasteiger partial charge in [-0.1, -0.05) is 94.4 Å². The molecule has 0 nitrogen and oxygen atoms in total. The molecule has 108 valence electrons. The van der Waals surface area contributed by atoms with Gasteiger partial charge in [0.15, 0.2) is 0 Å². The van der Waals surface area contributed by atoms with Gasteiger partial charge >= 0.3 is 0 Å². The molecule has 0 fully saturated rings. The van der Waals surface area contributed by atoms with Crippen LogP contribution in [0.2, 0.25) is 0 Å². The van der Waals surface area contributed by atoms with Crippen molar-refractivity contribution in [2.24, 2.45) is 11.3 Å². The van der Waals surface area contributed by atoms with E-state index < -0.39 is 0 Å². The molecule has 0 heterocycles. The molecule has 0 spiro atoms. The van der Waals surface area contributed by atoms with Crippen molar-refractivity contribution >= 4 is 0 Å². The normalized spacial score (nSPS) is 10.2. The van der Waals surface area contributed by atoms with Crippen LogP contribution in [0.5, 0.6) is 0 Å². The molecule has 0 aliphatic rings. The first-order valence-corrected chi connectivity index (χ1v) is 7.81. The molecule has 0 unspecified atom stereocenters. The van der Waals surface area contributed by atoms with Crippen molar-refractivity contribution in [2.45, 2.75) is 101 Å². The fourth-order valence-electron chi connectivity index (χ4n) is 1.43. The molecule has 0 N–H and O–H groups in total. The summed E-state index contributed by atoms with van der Waals surface area (Å²) in [5, 5.41) is 0. The topological polar surface area (TPSA) is 0 Å². The average Bonchev–Trinajstić information content (AvgIpc) is 2.19. The minimum absolute atomic E-state index is 0.592. The van der Waals surface area contributed by atoms with E-state index >= 15 is 0 Å². The minimum Gasteiger partial charge on any atom is -0.0656 e. The van der Waals surface area contributed by atoms with Gasteiger partial charge in [0.2, 0.25) is 0 Å². The van der Waals surface area contributed by atoms with Gasteiger partial charge in [-0.3, -0.25) is 0 Å². The van der Waals surface area contributed by atoms with Crippen LogP contribution in [0.3, 0.4) is 0 Å². The lowest BCUT2D eigenvalue weighted by atomic mass is 9.86. The van der Waals surface area contributed by atoms with Crippen molar-refractivity contribution < 1.29 is 0 Å². The van der Waals surface area contributed by atoms with Gasteiger partial charge in [0.25, 0.3) is 0 Å². The van der Waals surface area contributed by atoms with E-state index in [4.69, 9.17) is 0 Å². The van der Waals surface area contributed by atoms with Crippen molar-refractivity contribution in [3.05, 3.63) is 0 Å². The maximum absolute atomic E-state index is 2.33. The second kappa shape index (κ2) is 16.0. The molecule has 0 aliphatic heterocycles. The van der Waals surface area contributed by atoms with Gasteiger partial charge in [-0.15, -0.1) is 0 Å². The Morgan fingerprint density at radius 1 is 0.824 bits per heavy atom. The summed E-state index contributed by atoms with van der Waals surface area (Å²) in [7, 11) is 0. The quantitative estimate of drug-likeness (QED) is 0.484. The molecule has 0 saturated heterocycles. The molecule has 0 aliphatic carbocycles. The first kappa shape index (κ1) is 22.2. The zero-order chi connectivity index (χ0) is 14.3. The van der Waals surface area contributed by atoms with E-state index in [1.165, 1.54) is 38.5 Å². The molecule has 0 rings (SSSR count). The van der Waals surface area contributed by atoms with Crippen LogP contribution in [-0.2, 0) is 0 Å². The highest BCUT2D eigenvalue weighted by molar-refractivity contribution is 4.63. The van der Waals surface area contributed by atoms with Crippen molar-refractivity contribution in [1.29, 1.82) is 0 Å². The van der Waals surface area contributed by atoms with Gasteiger partial charge in [0.05, 0.1) is 0 Å². The van der Waals surface area contributed by atoms with E-state index in [0.717, 1.165) is 5.92 Å². The molecule has 0 aromatic heterocycles. The zero-order valence-corrected chi connectivity index (χ0v) is 14.3. The van der Waals surface area contributed by atoms with Crippen LogP contribution in [0.15, 0.2) is 0 Å². The average molecular weight is 245 g/mol. The fraction of sp³-hybridized carbons (Fsp3) is 1.00. The van der Waals surface area contributed by atoms with Crippen LogP contribution in [-0.4, -0.2) is 0 Å². The van der Waals surface area contributed by atoms with Gasteiger partial charge < -0.3 is 0 Å². The Kier molecular flexibility index (Phi) is 20.9. The SMILES string of the molecule is CCC.CCCC(C)(C)CC.CCCC(C)C. The van der Waals surface area contributed by atoms with Crippen LogP contribution in [0, 0.1) is 11.3 Å². The molecule has 0 amide bonds. The molecule has 0 bridgehead atoms. The number of hydrogen-bond acceptors (Lipinski definition) is 0. The highest BCUT2D eigenvalue weighted by Crippen LogP contribution is 2.25. The fourth-order valence-corrected chi connectivity index (χ4v) is 1.43. The van der Waals surface area contributed by atoms with Gasteiger partial charge in [0.1, 0.15) is 0 Å². The summed E-state index contributed by atoms with van der Waals surface area (Å²) < 4.78 is 0. The van der Waals surface area contributed by atoms with E-state index in [1.807, 2.05) is 0 Å². The molecule has 0 atom stereocenters. The second-order valence-electron chi connectivity index (χ2n) is 6.16. The lowest BCUT2D eigenvalue weighted by Crippen LogP contribution is -2.07. The lowest BCUT2D eigenvalue weighted by molar-refractivity contribution is 0.319. The Balaban J connectivity index is -0.000000193. The first-order chi connectivity index (χ1) is 7.81. The van der Waals surface area contributed by atoms with Crippen LogP contribution >= 0.6 is 0 Å². The Bertz CT molecular complexity index is 111. The molecule has 0 radical (unpaired) electrons. The Morgan fingerprint density at radius 2 is 1.24 bits per heavy atom. The third-order valence-corrected chi connectivity index (χ3v) is 2.75. The van der Waals surface area contributed by atoms with Crippen molar-refractivity contribution in [2.75, 3.05) is 0 Å². The molecule has 0 heteroatoms. The third kappa shape index (κ3) is 31.4. The number of hydrogen-bond donors (Lipinski definition) is 0. The van der Waals surface area contributed by atoms with Gasteiger partial charge in [-0.05, 0) is 17.8 Å². The predicted molar refractivity (Wildman–Crippen MR) is 84.7 cm³/mol. The summed E-state index contributed by atoms with van der Waals surface area (Å²) >= 11 is 0. The highest BCUT2D eigenvalue weighted by atomic mass is 14.2. The monoisotopic (exact) mass is 244 g/mol. The summed E-state index contributed by atoms with van der Waals surface area (Å²) in [6.45, 7) is 20.1. The lowest BCUT2D eigenvalue weighted by Gasteiger charge is -2.20.